The fourth-order valence-corrected chi connectivity index (χ4v) is 1.46. The molecule has 0 atom stereocenters. The molecule has 1 aromatic heterocycles. The van der Waals surface area contributed by atoms with E-state index in [-0.39, 0.29) is 0 Å². The number of hydrogen-bond acceptors (Lipinski definition) is 4. The first-order valence-electron chi connectivity index (χ1n) is 5.23. The molecule has 0 aliphatic carbocycles. The third-order valence-electron chi connectivity index (χ3n) is 2.34. The Hall–Kier alpha value is -2.63. The largest absolute Gasteiger partial charge is 0.412 e. The minimum absolute atomic E-state index is 0.418. The van der Waals surface area contributed by atoms with Crippen LogP contribution in [0.3, 0.4) is 0 Å². The van der Waals surface area contributed by atoms with E-state index in [0.717, 1.165) is 11.8 Å². The van der Waals surface area contributed by atoms with Crippen molar-refractivity contribution in [2.45, 2.75) is 0 Å². The Kier molecular flexibility index (Phi) is 3.38. The van der Waals surface area contributed by atoms with Crippen LogP contribution in [0.2, 0.25) is 0 Å². The molecule has 0 radical (unpaired) electrons. The van der Waals surface area contributed by atoms with E-state index in [2.05, 4.69) is 15.5 Å². The van der Waals surface area contributed by atoms with Crippen molar-refractivity contribution in [2.24, 2.45) is 0 Å². The molecule has 0 unspecified atom stereocenters. The van der Waals surface area contributed by atoms with Gasteiger partial charge in [-0.05, 0) is 24.3 Å². The van der Waals surface area contributed by atoms with E-state index in [4.69, 9.17) is 4.74 Å². The molecule has 0 aliphatic rings. The number of rotatable bonds is 3. The van der Waals surface area contributed by atoms with E-state index in [1.807, 2.05) is 0 Å². The Labute approximate surface area is 103 Å². The third-order valence-corrected chi connectivity index (χ3v) is 2.34. The summed E-state index contributed by atoms with van der Waals surface area (Å²) in [6.45, 7) is 0. The first-order valence-corrected chi connectivity index (χ1v) is 5.23. The molecule has 18 heavy (non-hydrogen) atoms. The van der Waals surface area contributed by atoms with Crippen molar-refractivity contribution in [1.29, 1.82) is 0 Å². The summed E-state index contributed by atoms with van der Waals surface area (Å²) in [5.74, 6) is 0.418. The summed E-state index contributed by atoms with van der Waals surface area (Å²) in [5, 5.41) is 8.96. The van der Waals surface area contributed by atoms with Crippen LogP contribution in [-0.4, -0.2) is 29.6 Å². The number of carbonyl (C=O) groups excluding carboxylic acids is 2. The Bertz CT molecular complexity index is 560. The maximum absolute atomic E-state index is 11.0. The minimum Gasteiger partial charge on any atom is -0.410 e. The monoisotopic (exact) mass is 245 g/mol. The fraction of sp³-hybridized carbons (Fsp3) is 0.0833. The quantitative estimate of drug-likeness (QED) is 0.804. The molecule has 1 heterocycles. The SMILES string of the molecule is CNC(=O)Oc1ccc(-c2n[nH]cc2C=O)cc1. The molecule has 6 nitrogen and oxygen atoms in total. The van der Waals surface area contributed by atoms with Gasteiger partial charge in [0.15, 0.2) is 6.29 Å². The lowest BCUT2D eigenvalue weighted by atomic mass is 10.1. The lowest BCUT2D eigenvalue weighted by Gasteiger charge is -2.04. The highest BCUT2D eigenvalue weighted by molar-refractivity contribution is 5.85. The number of aldehydes is 1. The fourth-order valence-electron chi connectivity index (χ4n) is 1.46. The van der Waals surface area contributed by atoms with Gasteiger partial charge in [-0.1, -0.05) is 0 Å². The van der Waals surface area contributed by atoms with Gasteiger partial charge in [0.1, 0.15) is 11.4 Å². The van der Waals surface area contributed by atoms with Crippen molar-refractivity contribution in [3.8, 4) is 17.0 Å². The molecule has 6 heteroatoms. The average Bonchev–Trinajstić information content (AvgIpc) is 2.87. The molecule has 1 aromatic carbocycles. The van der Waals surface area contributed by atoms with Crippen LogP contribution in [0, 0.1) is 0 Å². The van der Waals surface area contributed by atoms with E-state index < -0.39 is 6.09 Å². The van der Waals surface area contributed by atoms with E-state index in [1.54, 1.807) is 24.3 Å². The van der Waals surface area contributed by atoms with E-state index >= 15 is 0 Å². The highest BCUT2D eigenvalue weighted by atomic mass is 16.5. The maximum Gasteiger partial charge on any atom is 0.412 e. The number of hydrogen-bond donors (Lipinski definition) is 2. The van der Waals surface area contributed by atoms with Crippen LogP contribution in [0.15, 0.2) is 30.5 Å². The van der Waals surface area contributed by atoms with Gasteiger partial charge in [0.25, 0.3) is 0 Å². The molecule has 1 amide bonds. The zero-order chi connectivity index (χ0) is 13.0. The van der Waals surface area contributed by atoms with Gasteiger partial charge in [0.2, 0.25) is 0 Å². The number of nitrogens with one attached hydrogen (secondary N) is 2. The van der Waals surface area contributed by atoms with Gasteiger partial charge in [-0.2, -0.15) is 5.10 Å². The zero-order valence-corrected chi connectivity index (χ0v) is 9.64. The number of nitrogens with zero attached hydrogens (tertiary/aromatic N) is 1. The summed E-state index contributed by atoms with van der Waals surface area (Å²) >= 11 is 0. The molecule has 0 saturated carbocycles. The predicted octanol–water partition coefficient (Wildman–Crippen LogP) is 1.61. The van der Waals surface area contributed by atoms with E-state index in [1.165, 1.54) is 13.2 Å². The van der Waals surface area contributed by atoms with Gasteiger partial charge in [-0.25, -0.2) is 4.79 Å². The second kappa shape index (κ2) is 5.13. The standard InChI is InChI=1S/C12H11N3O3/c1-13-12(17)18-10-4-2-8(3-5-10)11-9(7-16)6-14-15-11/h2-7H,1H3,(H,13,17)(H,14,15). The highest BCUT2D eigenvalue weighted by Gasteiger charge is 2.08. The molecular weight excluding hydrogens is 234 g/mol. The van der Waals surface area contributed by atoms with E-state index in [0.29, 0.717) is 17.0 Å². The minimum atomic E-state index is -0.531. The summed E-state index contributed by atoms with van der Waals surface area (Å²) in [7, 11) is 1.48. The van der Waals surface area contributed by atoms with Crippen molar-refractivity contribution >= 4 is 12.4 Å². The van der Waals surface area contributed by atoms with Crippen LogP contribution in [0.5, 0.6) is 5.75 Å². The van der Waals surface area contributed by atoms with Crippen molar-refractivity contribution in [3.05, 3.63) is 36.0 Å². The predicted molar refractivity (Wildman–Crippen MR) is 64.5 cm³/mol. The number of H-pyrrole nitrogens is 1. The van der Waals surface area contributed by atoms with Gasteiger partial charge in [-0.3, -0.25) is 9.89 Å². The Morgan fingerprint density at radius 3 is 2.72 bits per heavy atom. The molecule has 92 valence electrons. The number of ether oxygens (including phenoxy) is 1. The van der Waals surface area contributed by atoms with Crippen LogP contribution in [0.1, 0.15) is 10.4 Å². The number of amides is 1. The molecule has 2 rings (SSSR count). The normalized spacial score (nSPS) is 9.83. The summed E-state index contributed by atoms with van der Waals surface area (Å²) in [5.41, 5.74) is 1.81. The van der Waals surface area contributed by atoms with Crippen LogP contribution in [-0.2, 0) is 0 Å². The van der Waals surface area contributed by atoms with Crippen molar-refractivity contribution < 1.29 is 14.3 Å². The van der Waals surface area contributed by atoms with Gasteiger partial charge >= 0.3 is 6.09 Å². The number of benzene rings is 1. The third kappa shape index (κ3) is 2.37. The summed E-state index contributed by atoms with van der Waals surface area (Å²) in [6.07, 6.45) is 1.72. The molecule has 0 bridgehead atoms. The number of aromatic amines is 1. The lowest BCUT2D eigenvalue weighted by molar-refractivity contribution is 0.112. The molecule has 0 aliphatic heterocycles. The molecular formula is C12H11N3O3. The van der Waals surface area contributed by atoms with Crippen molar-refractivity contribution in [2.75, 3.05) is 7.05 Å². The van der Waals surface area contributed by atoms with Crippen LogP contribution in [0.25, 0.3) is 11.3 Å². The summed E-state index contributed by atoms with van der Waals surface area (Å²) in [4.78, 5) is 21.8. The number of aromatic nitrogens is 2. The Balaban J connectivity index is 2.22. The summed E-state index contributed by atoms with van der Waals surface area (Å²) in [6, 6.07) is 6.71. The molecule has 0 saturated heterocycles. The first kappa shape index (κ1) is 11.8. The molecule has 2 aromatic rings. The van der Waals surface area contributed by atoms with Crippen LogP contribution in [0.4, 0.5) is 4.79 Å². The maximum atomic E-state index is 11.0. The van der Waals surface area contributed by atoms with Crippen molar-refractivity contribution in [3.63, 3.8) is 0 Å². The Morgan fingerprint density at radius 2 is 2.11 bits per heavy atom. The second-order valence-corrected chi connectivity index (χ2v) is 3.47. The van der Waals surface area contributed by atoms with Gasteiger partial charge < -0.3 is 10.1 Å². The average molecular weight is 245 g/mol. The second-order valence-electron chi connectivity index (χ2n) is 3.47. The zero-order valence-electron chi connectivity index (χ0n) is 9.64. The van der Waals surface area contributed by atoms with E-state index in [9.17, 15) is 9.59 Å². The van der Waals surface area contributed by atoms with Gasteiger partial charge in [0.05, 0.1) is 5.56 Å². The lowest BCUT2D eigenvalue weighted by Crippen LogP contribution is -2.21. The van der Waals surface area contributed by atoms with Gasteiger partial charge in [-0.15, -0.1) is 0 Å². The highest BCUT2D eigenvalue weighted by Crippen LogP contribution is 2.22. The molecule has 0 fully saturated rings. The van der Waals surface area contributed by atoms with Gasteiger partial charge in [0, 0.05) is 18.8 Å². The first-order chi connectivity index (χ1) is 8.74. The topological polar surface area (TPSA) is 84.1 Å². The van der Waals surface area contributed by atoms with Crippen molar-refractivity contribution in [1.82, 2.24) is 15.5 Å². The molecule has 0 spiro atoms. The molecule has 2 N–H and O–H groups in total. The number of carbonyl (C=O) groups is 2. The summed E-state index contributed by atoms with van der Waals surface area (Å²) < 4.78 is 4.94. The van der Waals surface area contributed by atoms with Crippen LogP contribution >= 0.6 is 0 Å². The smallest absolute Gasteiger partial charge is 0.410 e. The Morgan fingerprint density at radius 1 is 1.39 bits per heavy atom. The van der Waals surface area contributed by atoms with Crippen LogP contribution < -0.4 is 10.1 Å².